The van der Waals surface area contributed by atoms with E-state index in [4.69, 9.17) is 0 Å². The van der Waals surface area contributed by atoms with Crippen LogP contribution in [-0.2, 0) is 4.79 Å². The first kappa shape index (κ1) is 18.1. The summed E-state index contributed by atoms with van der Waals surface area (Å²) in [6, 6.07) is -0.0403. The zero-order chi connectivity index (χ0) is 19.0. The molecule has 2 saturated carbocycles. The van der Waals surface area contributed by atoms with Gasteiger partial charge in [-0.05, 0) is 62.7 Å². The predicted molar refractivity (Wildman–Crippen MR) is 101 cm³/mol. The molecule has 150 valence electrons. The van der Waals surface area contributed by atoms with E-state index in [1.807, 2.05) is 0 Å². The Balaban J connectivity index is 1.76. The molecule has 2 saturated heterocycles. The molecule has 0 aromatic heterocycles. The van der Waals surface area contributed by atoms with E-state index in [9.17, 15) is 20.1 Å². The van der Waals surface area contributed by atoms with Crippen LogP contribution >= 0.6 is 0 Å². The molecule has 5 rings (SSSR count). The second-order valence-electron chi connectivity index (χ2n) is 10.1. The molecule has 5 heteroatoms. The standard InChI is InChI=1S/C22H33NO4/c1-14-11-23-12-16-6-5-15-3-2-4-17(15)21(8-7-18(25)26)19(23)22(14,27)10-9-20(16,21)13-24/h4,14-16,19,24,27H,2-3,5-13H2,1H3,(H,25,26). The molecule has 5 nitrogen and oxygen atoms in total. The van der Waals surface area contributed by atoms with Crippen molar-refractivity contribution in [1.82, 2.24) is 4.90 Å². The van der Waals surface area contributed by atoms with Crippen molar-refractivity contribution in [3.05, 3.63) is 11.6 Å². The van der Waals surface area contributed by atoms with Gasteiger partial charge in [-0.25, -0.2) is 0 Å². The van der Waals surface area contributed by atoms with Crippen molar-refractivity contribution in [3.8, 4) is 0 Å². The second-order valence-corrected chi connectivity index (χ2v) is 10.1. The number of piperidine rings is 1. The lowest BCUT2D eigenvalue weighted by Crippen LogP contribution is -2.73. The predicted octanol–water partition coefficient (Wildman–Crippen LogP) is 2.42. The molecule has 3 aliphatic carbocycles. The van der Waals surface area contributed by atoms with E-state index in [0.717, 1.165) is 51.6 Å². The van der Waals surface area contributed by atoms with Gasteiger partial charge in [0, 0.05) is 43.0 Å². The minimum absolute atomic E-state index is 0.0403. The zero-order valence-corrected chi connectivity index (χ0v) is 16.4. The number of carboxylic acids is 1. The molecular weight excluding hydrogens is 342 g/mol. The number of allylic oxidation sites excluding steroid dienone is 1. The van der Waals surface area contributed by atoms with Crippen LogP contribution in [0.1, 0.15) is 58.3 Å². The minimum atomic E-state index is -0.764. The van der Waals surface area contributed by atoms with Crippen LogP contribution in [0.3, 0.4) is 0 Å². The van der Waals surface area contributed by atoms with Crippen LogP contribution < -0.4 is 0 Å². The molecule has 7 unspecified atom stereocenters. The molecule has 7 atom stereocenters. The van der Waals surface area contributed by atoms with Gasteiger partial charge >= 0.3 is 5.97 Å². The summed E-state index contributed by atoms with van der Waals surface area (Å²) in [6.45, 7) is 4.13. The quantitative estimate of drug-likeness (QED) is 0.658. The Kier molecular flexibility index (Phi) is 3.90. The van der Waals surface area contributed by atoms with Gasteiger partial charge in [0.05, 0.1) is 5.60 Å². The molecule has 0 aromatic carbocycles. The summed E-state index contributed by atoms with van der Waals surface area (Å²) in [5.74, 6) is 0.336. The number of aliphatic hydroxyl groups excluding tert-OH is 1. The van der Waals surface area contributed by atoms with E-state index in [1.54, 1.807) is 0 Å². The van der Waals surface area contributed by atoms with Crippen molar-refractivity contribution in [1.29, 1.82) is 0 Å². The lowest BCUT2D eigenvalue weighted by Gasteiger charge is -2.68. The highest BCUT2D eigenvalue weighted by Gasteiger charge is 2.75. The Bertz CT molecular complexity index is 692. The number of aliphatic carboxylic acids is 1. The highest BCUT2D eigenvalue weighted by molar-refractivity contribution is 5.67. The SMILES string of the molecule is CC1CN2CC3CCC4CCC=C4C4(CCC(=O)O)C2C1(O)CCC34CO. The fourth-order valence-corrected chi connectivity index (χ4v) is 8.45. The molecule has 5 aliphatic rings. The molecular formula is C22H33NO4. The molecule has 4 fully saturated rings. The van der Waals surface area contributed by atoms with Crippen LogP contribution in [0.2, 0.25) is 0 Å². The maximum atomic E-state index is 11.9. The van der Waals surface area contributed by atoms with Crippen molar-refractivity contribution in [3.63, 3.8) is 0 Å². The summed E-state index contributed by atoms with van der Waals surface area (Å²) >= 11 is 0. The topological polar surface area (TPSA) is 81.0 Å². The Labute approximate surface area is 161 Å². The summed E-state index contributed by atoms with van der Waals surface area (Å²) in [5, 5.41) is 32.3. The molecule has 0 amide bonds. The third-order valence-corrected chi connectivity index (χ3v) is 9.48. The van der Waals surface area contributed by atoms with Crippen LogP contribution in [0.15, 0.2) is 11.6 Å². The summed E-state index contributed by atoms with van der Waals surface area (Å²) < 4.78 is 0. The number of fused-ring (bicyclic) bond motifs is 1. The second kappa shape index (κ2) is 5.80. The largest absolute Gasteiger partial charge is 0.481 e. The van der Waals surface area contributed by atoms with Crippen LogP contribution in [0.4, 0.5) is 0 Å². The fourth-order valence-electron chi connectivity index (χ4n) is 8.45. The number of carboxylic acid groups (broad SMARTS) is 1. The third-order valence-electron chi connectivity index (χ3n) is 9.48. The fraction of sp³-hybridized carbons (Fsp3) is 0.864. The van der Waals surface area contributed by atoms with E-state index >= 15 is 0 Å². The average molecular weight is 376 g/mol. The lowest BCUT2D eigenvalue weighted by molar-refractivity contribution is -0.220. The zero-order valence-electron chi connectivity index (χ0n) is 16.4. The van der Waals surface area contributed by atoms with Gasteiger partial charge in [-0.1, -0.05) is 18.6 Å². The van der Waals surface area contributed by atoms with Gasteiger partial charge in [0.1, 0.15) is 0 Å². The van der Waals surface area contributed by atoms with Crippen molar-refractivity contribution in [2.75, 3.05) is 19.7 Å². The summed E-state index contributed by atoms with van der Waals surface area (Å²) in [6.07, 6.45) is 9.08. The van der Waals surface area contributed by atoms with Crippen molar-refractivity contribution < 1.29 is 20.1 Å². The first-order valence-electron chi connectivity index (χ1n) is 10.9. The molecule has 0 aromatic rings. The molecule has 2 aliphatic heterocycles. The molecule has 27 heavy (non-hydrogen) atoms. The van der Waals surface area contributed by atoms with E-state index in [2.05, 4.69) is 17.9 Å². The van der Waals surface area contributed by atoms with E-state index in [0.29, 0.717) is 18.3 Å². The number of aliphatic hydroxyl groups is 2. The first-order chi connectivity index (χ1) is 12.9. The van der Waals surface area contributed by atoms with Gasteiger partial charge in [0.2, 0.25) is 0 Å². The summed E-state index contributed by atoms with van der Waals surface area (Å²) in [4.78, 5) is 14.1. The van der Waals surface area contributed by atoms with Crippen molar-refractivity contribution >= 4 is 5.97 Å². The van der Waals surface area contributed by atoms with E-state index in [-0.39, 0.29) is 30.4 Å². The highest BCUT2D eigenvalue weighted by atomic mass is 16.4. The van der Waals surface area contributed by atoms with Crippen LogP contribution in [0, 0.1) is 28.6 Å². The normalized spacial score (nSPS) is 50.9. The van der Waals surface area contributed by atoms with E-state index < -0.39 is 17.0 Å². The summed E-state index contributed by atoms with van der Waals surface area (Å²) in [5.41, 5.74) is -0.0220. The smallest absolute Gasteiger partial charge is 0.303 e. The monoisotopic (exact) mass is 375 g/mol. The Hall–Kier alpha value is -0.910. The Morgan fingerprint density at radius 3 is 2.81 bits per heavy atom. The molecule has 0 spiro atoms. The van der Waals surface area contributed by atoms with Crippen molar-refractivity contribution in [2.45, 2.75) is 69.9 Å². The molecule has 0 radical (unpaired) electrons. The third kappa shape index (κ3) is 2.03. The Morgan fingerprint density at radius 2 is 2.07 bits per heavy atom. The lowest BCUT2D eigenvalue weighted by atomic mass is 9.41. The van der Waals surface area contributed by atoms with Crippen molar-refractivity contribution in [2.24, 2.45) is 28.6 Å². The van der Waals surface area contributed by atoms with Gasteiger partial charge in [0.15, 0.2) is 0 Å². The summed E-state index contributed by atoms with van der Waals surface area (Å²) in [7, 11) is 0. The molecule has 2 heterocycles. The van der Waals surface area contributed by atoms with Crippen LogP contribution in [0.25, 0.3) is 0 Å². The van der Waals surface area contributed by atoms with E-state index in [1.165, 1.54) is 5.57 Å². The van der Waals surface area contributed by atoms with Gasteiger partial charge in [-0.3, -0.25) is 9.69 Å². The number of carbonyl (C=O) groups is 1. The molecule has 3 N–H and O–H groups in total. The van der Waals surface area contributed by atoms with Gasteiger partial charge < -0.3 is 15.3 Å². The van der Waals surface area contributed by atoms with Gasteiger partial charge in [-0.2, -0.15) is 0 Å². The first-order valence-corrected chi connectivity index (χ1v) is 10.9. The van der Waals surface area contributed by atoms with Gasteiger partial charge in [0.25, 0.3) is 0 Å². The highest BCUT2D eigenvalue weighted by Crippen LogP contribution is 2.73. The number of hydrogen-bond acceptors (Lipinski definition) is 4. The number of rotatable bonds is 4. The minimum Gasteiger partial charge on any atom is -0.481 e. The average Bonchev–Trinajstić information content (AvgIpc) is 3.19. The van der Waals surface area contributed by atoms with Gasteiger partial charge in [-0.15, -0.1) is 0 Å². The van der Waals surface area contributed by atoms with Crippen LogP contribution in [-0.4, -0.2) is 57.5 Å². The maximum absolute atomic E-state index is 11.9. The Morgan fingerprint density at radius 1 is 1.26 bits per heavy atom. The van der Waals surface area contributed by atoms with Crippen LogP contribution in [0.5, 0.6) is 0 Å². The number of nitrogens with zero attached hydrogens (tertiary/aromatic N) is 1. The number of hydrogen-bond donors (Lipinski definition) is 3. The molecule has 4 bridgehead atoms. The maximum Gasteiger partial charge on any atom is 0.303 e.